The van der Waals surface area contributed by atoms with E-state index in [9.17, 15) is 0 Å². The van der Waals surface area contributed by atoms with Gasteiger partial charge < -0.3 is 5.32 Å². The summed E-state index contributed by atoms with van der Waals surface area (Å²) in [6, 6.07) is 0.655. The van der Waals surface area contributed by atoms with E-state index in [1.165, 1.54) is 70.9 Å². The Bertz CT molecular complexity index is 232. The Balaban J connectivity index is 2.44. The standard InChI is InChI=1S/C18H38N2/c1-5-7-8-9-10-13-17(19-14-6-2)18(3,4)20-15-11-12-16-20/h17,19H,5-16H2,1-4H3. The zero-order chi connectivity index (χ0) is 14.8. The van der Waals surface area contributed by atoms with Gasteiger partial charge in [0.2, 0.25) is 0 Å². The number of nitrogens with zero attached hydrogens (tertiary/aromatic N) is 1. The number of rotatable bonds is 11. The van der Waals surface area contributed by atoms with E-state index in [2.05, 4.69) is 37.9 Å². The van der Waals surface area contributed by atoms with Crippen LogP contribution in [0, 0.1) is 0 Å². The van der Waals surface area contributed by atoms with Crippen LogP contribution in [0.5, 0.6) is 0 Å². The first-order valence-electron chi connectivity index (χ1n) is 9.11. The molecule has 1 rings (SSSR count). The molecule has 0 aromatic carbocycles. The summed E-state index contributed by atoms with van der Waals surface area (Å²) in [5, 5.41) is 3.84. The van der Waals surface area contributed by atoms with Crippen molar-refractivity contribution in [3.8, 4) is 0 Å². The van der Waals surface area contributed by atoms with Gasteiger partial charge in [-0.15, -0.1) is 0 Å². The first-order chi connectivity index (χ1) is 9.62. The highest BCUT2D eigenvalue weighted by Gasteiger charge is 2.35. The van der Waals surface area contributed by atoms with Crippen molar-refractivity contribution >= 4 is 0 Å². The summed E-state index contributed by atoms with van der Waals surface area (Å²) >= 11 is 0. The average Bonchev–Trinajstić information content (AvgIpc) is 2.96. The molecule has 0 aromatic rings. The highest BCUT2D eigenvalue weighted by molar-refractivity contribution is 4.95. The lowest BCUT2D eigenvalue weighted by atomic mass is 9.88. The van der Waals surface area contributed by atoms with Gasteiger partial charge in [0.15, 0.2) is 0 Å². The number of hydrogen-bond acceptors (Lipinski definition) is 2. The number of hydrogen-bond donors (Lipinski definition) is 1. The third-order valence-corrected chi connectivity index (χ3v) is 5.01. The smallest absolute Gasteiger partial charge is 0.0306 e. The Kier molecular flexibility index (Phi) is 8.79. The van der Waals surface area contributed by atoms with Gasteiger partial charge in [0.05, 0.1) is 0 Å². The van der Waals surface area contributed by atoms with Gasteiger partial charge in [-0.1, -0.05) is 46.0 Å². The van der Waals surface area contributed by atoms with Gasteiger partial charge in [0.1, 0.15) is 0 Å². The third-order valence-electron chi connectivity index (χ3n) is 5.01. The predicted octanol–water partition coefficient (Wildman–Crippen LogP) is 4.59. The van der Waals surface area contributed by atoms with E-state index in [1.54, 1.807) is 0 Å². The molecule has 1 aliphatic rings. The molecule has 120 valence electrons. The minimum Gasteiger partial charge on any atom is -0.312 e. The number of nitrogens with one attached hydrogen (secondary N) is 1. The van der Waals surface area contributed by atoms with Crippen LogP contribution in [0.4, 0.5) is 0 Å². The van der Waals surface area contributed by atoms with Crippen molar-refractivity contribution in [2.24, 2.45) is 0 Å². The minimum atomic E-state index is 0.316. The SMILES string of the molecule is CCCCCCCC(NCCC)C(C)(C)N1CCCC1. The monoisotopic (exact) mass is 282 g/mol. The summed E-state index contributed by atoms with van der Waals surface area (Å²) in [5.41, 5.74) is 0.316. The van der Waals surface area contributed by atoms with Crippen LogP contribution in [0.3, 0.4) is 0 Å². The predicted molar refractivity (Wildman–Crippen MR) is 90.3 cm³/mol. The number of unbranched alkanes of at least 4 members (excludes halogenated alkanes) is 4. The van der Waals surface area contributed by atoms with Gasteiger partial charge in [-0.25, -0.2) is 0 Å². The fourth-order valence-corrected chi connectivity index (χ4v) is 3.49. The molecule has 1 saturated heterocycles. The topological polar surface area (TPSA) is 15.3 Å². The summed E-state index contributed by atoms with van der Waals surface area (Å²) in [7, 11) is 0. The van der Waals surface area contributed by atoms with Crippen molar-refractivity contribution in [2.45, 2.75) is 97.1 Å². The molecule has 2 heteroatoms. The summed E-state index contributed by atoms with van der Waals surface area (Å²) in [4.78, 5) is 2.71. The quantitative estimate of drug-likeness (QED) is 0.558. The van der Waals surface area contributed by atoms with Crippen LogP contribution in [0.15, 0.2) is 0 Å². The molecule has 0 bridgehead atoms. The molecule has 1 heterocycles. The van der Waals surface area contributed by atoms with Gasteiger partial charge in [-0.3, -0.25) is 4.90 Å². The molecule has 0 amide bonds. The molecule has 20 heavy (non-hydrogen) atoms. The molecule has 2 nitrogen and oxygen atoms in total. The van der Waals surface area contributed by atoms with E-state index >= 15 is 0 Å². The zero-order valence-electron chi connectivity index (χ0n) is 14.5. The maximum absolute atomic E-state index is 3.84. The summed E-state index contributed by atoms with van der Waals surface area (Å²) in [5.74, 6) is 0. The second-order valence-corrected chi connectivity index (χ2v) is 7.06. The molecule has 1 unspecified atom stereocenters. The molecule has 0 aliphatic carbocycles. The highest BCUT2D eigenvalue weighted by atomic mass is 15.2. The van der Waals surface area contributed by atoms with Gasteiger partial charge in [-0.05, 0) is 59.2 Å². The largest absolute Gasteiger partial charge is 0.312 e. The van der Waals surface area contributed by atoms with Crippen molar-refractivity contribution in [3.63, 3.8) is 0 Å². The molecule has 0 aromatic heterocycles. The summed E-state index contributed by atoms with van der Waals surface area (Å²) < 4.78 is 0. The van der Waals surface area contributed by atoms with Crippen LogP contribution in [-0.2, 0) is 0 Å². The Hall–Kier alpha value is -0.0800. The molecular weight excluding hydrogens is 244 g/mol. The first-order valence-corrected chi connectivity index (χ1v) is 9.11. The van der Waals surface area contributed by atoms with Crippen LogP contribution in [0.1, 0.15) is 85.5 Å². The van der Waals surface area contributed by atoms with Crippen LogP contribution >= 0.6 is 0 Å². The lowest BCUT2D eigenvalue weighted by molar-refractivity contribution is 0.101. The second-order valence-electron chi connectivity index (χ2n) is 7.06. The van der Waals surface area contributed by atoms with Gasteiger partial charge >= 0.3 is 0 Å². The fraction of sp³-hybridized carbons (Fsp3) is 1.00. The van der Waals surface area contributed by atoms with Crippen LogP contribution in [0.25, 0.3) is 0 Å². The lowest BCUT2D eigenvalue weighted by Crippen LogP contribution is -2.57. The van der Waals surface area contributed by atoms with Crippen LogP contribution < -0.4 is 5.32 Å². The van der Waals surface area contributed by atoms with E-state index in [4.69, 9.17) is 0 Å². The fourth-order valence-electron chi connectivity index (χ4n) is 3.49. The molecular formula is C18H38N2. The van der Waals surface area contributed by atoms with Crippen molar-refractivity contribution in [3.05, 3.63) is 0 Å². The van der Waals surface area contributed by atoms with Crippen molar-refractivity contribution in [1.29, 1.82) is 0 Å². The van der Waals surface area contributed by atoms with E-state index in [0.29, 0.717) is 11.6 Å². The zero-order valence-corrected chi connectivity index (χ0v) is 14.5. The van der Waals surface area contributed by atoms with E-state index in [-0.39, 0.29) is 0 Å². The maximum atomic E-state index is 3.84. The third kappa shape index (κ3) is 5.73. The molecule has 1 atom stereocenters. The molecule has 0 radical (unpaired) electrons. The molecule has 1 N–H and O–H groups in total. The summed E-state index contributed by atoms with van der Waals surface area (Å²) in [6.07, 6.45) is 12.3. The highest BCUT2D eigenvalue weighted by Crippen LogP contribution is 2.27. The summed E-state index contributed by atoms with van der Waals surface area (Å²) in [6.45, 7) is 13.2. The maximum Gasteiger partial charge on any atom is 0.0306 e. The normalized spacial score (nSPS) is 18.6. The first kappa shape index (κ1) is 18.0. The van der Waals surface area contributed by atoms with Gasteiger partial charge in [0.25, 0.3) is 0 Å². The molecule has 1 aliphatic heterocycles. The second kappa shape index (κ2) is 9.78. The molecule has 1 fully saturated rings. The van der Waals surface area contributed by atoms with E-state index in [0.717, 1.165) is 6.54 Å². The van der Waals surface area contributed by atoms with E-state index in [1.807, 2.05) is 0 Å². The number of likely N-dealkylation sites (tertiary alicyclic amines) is 1. The van der Waals surface area contributed by atoms with Crippen molar-refractivity contribution in [2.75, 3.05) is 19.6 Å². The Morgan fingerprint density at radius 1 is 0.950 bits per heavy atom. The van der Waals surface area contributed by atoms with Gasteiger partial charge in [0, 0.05) is 11.6 Å². The molecule has 0 spiro atoms. The van der Waals surface area contributed by atoms with Crippen molar-refractivity contribution < 1.29 is 0 Å². The lowest BCUT2D eigenvalue weighted by Gasteiger charge is -2.43. The molecule has 0 saturated carbocycles. The Morgan fingerprint density at radius 3 is 2.20 bits per heavy atom. The Morgan fingerprint density at radius 2 is 1.60 bits per heavy atom. The Labute approximate surface area is 127 Å². The van der Waals surface area contributed by atoms with Crippen LogP contribution in [-0.4, -0.2) is 36.1 Å². The minimum absolute atomic E-state index is 0.316. The van der Waals surface area contributed by atoms with Crippen molar-refractivity contribution in [1.82, 2.24) is 10.2 Å². The average molecular weight is 283 g/mol. The van der Waals surface area contributed by atoms with Gasteiger partial charge in [-0.2, -0.15) is 0 Å². The van der Waals surface area contributed by atoms with E-state index < -0.39 is 0 Å². The van der Waals surface area contributed by atoms with Crippen LogP contribution in [0.2, 0.25) is 0 Å².